The third-order valence-corrected chi connectivity index (χ3v) is 5.27. The fourth-order valence-corrected chi connectivity index (χ4v) is 3.67. The van der Waals surface area contributed by atoms with Gasteiger partial charge in [-0.15, -0.1) is 0 Å². The Morgan fingerprint density at radius 1 is 1.50 bits per heavy atom. The second kappa shape index (κ2) is 9.32. The molecule has 0 amide bonds. The van der Waals surface area contributed by atoms with Gasteiger partial charge < -0.3 is 15.0 Å². The molecule has 1 aliphatic heterocycles. The molecule has 1 fully saturated rings. The summed E-state index contributed by atoms with van der Waals surface area (Å²) in [6.07, 6.45) is 3.13. The van der Waals surface area contributed by atoms with E-state index in [1.54, 1.807) is 14.2 Å². The summed E-state index contributed by atoms with van der Waals surface area (Å²) < 4.78 is 29.7. The van der Waals surface area contributed by atoms with Gasteiger partial charge in [0.05, 0.1) is 12.9 Å². The fourth-order valence-electron chi connectivity index (χ4n) is 2.74. The number of hydrogen-bond donors (Lipinski definition) is 1. The van der Waals surface area contributed by atoms with E-state index in [-0.39, 0.29) is 0 Å². The van der Waals surface area contributed by atoms with E-state index in [0.29, 0.717) is 25.6 Å². The quantitative estimate of drug-likeness (QED) is 0.390. The SMILES string of the molecule is CCN(CCCNC(=NC)N1CCC(COC)C1)S(C)(=O)=O. The van der Waals surface area contributed by atoms with E-state index >= 15 is 0 Å². The van der Waals surface area contributed by atoms with Crippen LogP contribution in [0.15, 0.2) is 4.99 Å². The zero-order valence-electron chi connectivity index (χ0n) is 14.2. The lowest BCUT2D eigenvalue weighted by molar-refractivity contribution is 0.157. The molecule has 0 aliphatic carbocycles. The molecule has 0 aromatic rings. The van der Waals surface area contributed by atoms with Crippen molar-refractivity contribution in [2.45, 2.75) is 19.8 Å². The van der Waals surface area contributed by atoms with Crippen LogP contribution in [0.2, 0.25) is 0 Å². The molecule has 0 saturated carbocycles. The summed E-state index contributed by atoms with van der Waals surface area (Å²) in [6.45, 7) is 6.34. The number of nitrogens with one attached hydrogen (secondary N) is 1. The van der Waals surface area contributed by atoms with Gasteiger partial charge in [-0.2, -0.15) is 0 Å². The number of guanidine groups is 1. The van der Waals surface area contributed by atoms with Gasteiger partial charge in [0.2, 0.25) is 10.0 Å². The molecule has 0 spiro atoms. The number of sulfonamides is 1. The number of aliphatic imine (C=N–C) groups is 1. The molecule has 1 heterocycles. The summed E-state index contributed by atoms with van der Waals surface area (Å²) in [5.41, 5.74) is 0. The Balaban J connectivity index is 2.34. The van der Waals surface area contributed by atoms with Crippen molar-refractivity contribution in [1.29, 1.82) is 0 Å². The molecule has 7 nitrogen and oxygen atoms in total. The number of likely N-dealkylation sites (tertiary alicyclic amines) is 1. The Morgan fingerprint density at radius 2 is 2.23 bits per heavy atom. The van der Waals surface area contributed by atoms with Crippen molar-refractivity contribution >= 4 is 16.0 Å². The van der Waals surface area contributed by atoms with Gasteiger partial charge in [0.15, 0.2) is 5.96 Å². The van der Waals surface area contributed by atoms with Crippen LogP contribution in [-0.4, -0.2) is 83.3 Å². The highest BCUT2D eigenvalue weighted by Gasteiger charge is 2.24. The van der Waals surface area contributed by atoms with E-state index in [1.165, 1.54) is 10.6 Å². The lowest BCUT2D eigenvalue weighted by Crippen LogP contribution is -2.41. The topological polar surface area (TPSA) is 74.2 Å². The highest BCUT2D eigenvalue weighted by Crippen LogP contribution is 2.16. The molecule has 22 heavy (non-hydrogen) atoms. The van der Waals surface area contributed by atoms with Crippen LogP contribution in [0.4, 0.5) is 0 Å². The number of methoxy groups -OCH3 is 1. The number of hydrogen-bond acceptors (Lipinski definition) is 4. The van der Waals surface area contributed by atoms with Gasteiger partial charge in [-0.1, -0.05) is 6.92 Å². The smallest absolute Gasteiger partial charge is 0.211 e. The molecule has 130 valence electrons. The molecule has 1 saturated heterocycles. The standard InChI is InChI=1S/C14H30N4O3S/c1-5-18(22(4,19)20)9-6-8-16-14(15-2)17-10-7-13(11-17)12-21-3/h13H,5-12H2,1-4H3,(H,15,16). The van der Waals surface area contributed by atoms with E-state index in [9.17, 15) is 8.42 Å². The Hall–Kier alpha value is -0.860. The molecule has 1 N–H and O–H groups in total. The zero-order valence-corrected chi connectivity index (χ0v) is 15.0. The molecule has 8 heteroatoms. The Morgan fingerprint density at radius 3 is 2.77 bits per heavy atom. The zero-order chi connectivity index (χ0) is 16.6. The minimum absolute atomic E-state index is 0.512. The van der Waals surface area contributed by atoms with Crippen molar-refractivity contribution in [2.24, 2.45) is 10.9 Å². The minimum atomic E-state index is -3.10. The van der Waals surface area contributed by atoms with Crippen LogP contribution in [0.3, 0.4) is 0 Å². The monoisotopic (exact) mass is 334 g/mol. The molecular weight excluding hydrogens is 304 g/mol. The van der Waals surface area contributed by atoms with Crippen LogP contribution < -0.4 is 5.32 Å². The summed E-state index contributed by atoms with van der Waals surface area (Å²) in [5.74, 6) is 1.45. The summed E-state index contributed by atoms with van der Waals surface area (Å²) in [5, 5.41) is 3.32. The Kier molecular flexibility index (Phi) is 8.13. The molecule has 1 unspecified atom stereocenters. The molecule has 0 aromatic heterocycles. The summed E-state index contributed by atoms with van der Waals surface area (Å²) in [6, 6.07) is 0. The van der Waals surface area contributed by atoms with Gasteiger partial charge in [-0.25, -0.2) is 12.7 Å². The van der Waals surface area contributed by atoms with Crippen molar-refractivity contribution in [1.82, 2.24) is 14.5 Å². The molecule has 1 atom stereocenters. The van der Waals surface area contributed by atoms with Crippen LogP contribution in [0.25, 0.3) is 0 Å². The molecule has 0 bridgehead atoms. The maximum atomic E-state index is 11.5. The van der Waals surface area contributed by atoms with Crippen molar-refractivity contribution < 1.29 is 13.2 Å². The maximum Gasteiger partial charge on any atom is 0.211 e. The Labute approximate surface area is 134 Å². The summed E-state index contributed by atoms with van der Waals surface area (Å²) >= 11 is 0. The van der Waals surface area contributed by atoms with Crippen LogP contribution in [0.5, 0.6) is 0 Å². The molecule has 1 aliphatic rings. The predicted molar refractivity (Wildman–Crippen MR) is 89.6 cm³/mol. The normalized spacial score (nSPS) is 20.0. The number of ether oxygens (including phenoxy) is 1. The van der Waals surface area contributed by atoms with Crippen LogP contribution in [0.1, 0.15) is 19.8 Å². The second-order valence-corrected chi connectivity index (χ2v) is 7.62. The first-order valence-electron chi connectivity index (χ1n) is 7.82. The summed E-state index contributed by atoms with van der Waals surface area (Å²) in [7, 11) is 0.412. The fraction of sp³-hybridized carbons (Fsp3) is 0.929. The van der Waals surface area contributed by atoms with Crippen molar-refractivity contribution in [3.8, 4) is 0 Å². The Bertz CT molecular complexity index is 453. The maximum absolute atomic E-state index is 11.5. The van der Waals surface area contributed by atoms with E-state index in [1.807, 2.05) is 6.92 Å². The third-order valence-electron chi connectivity index (χ3n) is 3.89. The first-order valence-corrected chi connectivity index (χ1v) is 9.66. The van der Waals surface area contributed by atoms with Gasteiger partial charge >= 0.3 is 0 Å². The van der Waals surface area contributed by atoms with E-state index in [4.69, 9.17) is 4.74 Å². The van der Waals surface area contributed by atoms with Gasteiger partial charge in [-0.05, 0) is 12.8 Å². The van der Waals surface area contributed by atoms with Crippen LogP contribution >= 0.6 is 0 Å². The minimum Gasteiger partial charge on any atom is -0.384 e. The van der Waals surface area contributed by atoms with Crippen LogP contribution in [-0.2, 0) is 14.8 Å². The molecule has 1 rings (SSSR count). The predicted octanol–water partition coefficient (Wildman–Crippen LogP) is 0.202. The highest BCUT2D eigenvalue weighted by atomic mass is 32.2. The summed E-state index contributed by atoms with van der Waals surface area (Å²) in [4.78, 5) is 6.54. The van der Waals surface area contributed by atoms with Gasteiger partial charge in [0.1, 0.15) is 0 Å². The van der Waals surface area contributed by atoms with E-state index in [2.05, 4.69) is 15.2 Å². The van der Waals surface area contributed by atoms with Crippen molar-refractivity contribution in [3.05, 3.63) is 0 Å². The molecular formula is C14H30N4O3S. The van der Waals surface area contributed by atoms with Gasteiger partial charge in [0.25, 0.3) is 0 Å². The van der Waals surface area contributed by atoms with E-state index < -0.39 is 10.0 Å². The van der Waals surface area contributed by atoms with Gasteiger partial charge in [-0.3, -0.25) is 4.99 Å². The second-order valence-electron chi connectivity index (χ2n) is 5.64. The van der Waals surface area contributed by atoms with Crippen LogP contribution in [0, 0.1) is 5.92 Å². The average molecular weight is 334 g/mol. The average Bonchev–Trinajstić information content (AvgIpc) is 2.90. The third kappa shape index (κ3) is 6.10. The highest BCUT2D eigenvalue weighted by molar-refractivity contribution is 7.88. The number of rotatable bonds is 8. The largest absolute Gasteiger partial charge is 0.384 e. The first kappa shape index (κ1) is 19.2. The van der Waals surface area contributed by atoms with Crippen molar-refractivity contribution in [2.75, 3.05) is 59.7 Å². The first-order chi connectivity index (χ1) is 10.4. The lowest BCUT2D eigenvalue weighted by atomic mass is 10.1. The van der Waals surface area contributed by atoms with E-state index in [0.717, 1.165) is 38.5 Å². The lowest BCUT2D eigenvalue weighted by Gasteiger charge is -2.22. The molecule has 0 aromatic carbocycles. The molecule has 0 radical (unpaired) electrons. The number of nitrogens with zero attached hydrogens (tertiary/aromatic N) is 3. The van der Waals surface area contributed by atoms with Gasteiger partial charge in [0, 0.05) is 52.8 Å². The van der Waals surface area contributed by atoms with Crippen molar-refractivity contribution in [3.63, 3.8) is 0 Å².